The van der Waals surface area contributed by atoms with E-state index in [0.717, 1.165) is 19.3 Å². The number of carbonyl (C=O) groups excluding carboxylic acids is 3. The standard InChI is InChI=1S/C21H38O3/c1-3-5-6-7-8-9-10-11-12-13-14-15-16-18-20(23)21(24)19(22)17-4-2/h3-18H2,1-2H3. The van der Waals surface area contributed by atoms with Crippen molar-refractivity contribution < 1.29 is 14.4 Å². The molecule has 0 amide bonds. The molecule has 0 atom stereocenters. The van der Waals surface area contributed by atoms with E-state index in [1.807, 2.05) is 6.92 Å². The fraction of sp³-hybridized carbons (Fsp3) is 0.857. The molecular weight excluding hydrogens is 300 g/mol. The van der Waals surface area contributed by atoms with Crippen molar-refractivity contribution in [1.29, 1.82) is 0 Å². The van der Waals surface area contributed by atoms with E-state index >= 15 is 0 Å². The Morgan fingerprint density at radius 1 is 0.458 bits per heavy atom. The maximum absolute atomic E-state index is 11.6. The molecule has 0 rings (SSSR count). The zero-order valence-corrected chi connectivity index (χ0v) is 16.0. The van der Waals surface area contributed by atoms with Crippen LogP contribution in [0.1, 0.15) is 117 Å². The molecule has 3 nitrogen and oxygen atoms in total. The Balaban J connectivity index is 3.34. The normalized spacial score (nSPS) is 10.8. The van der Waals surface area contributed by atoms with E-state index in [9.17, 15) is 14.4 Å². The molecular formula is C21H38O3. The number of ketones is 3. The first-order valence-corrected chi connectivity index (χ1v) is 10.2. The zero-order chi connectivity index (χ0) is 18.0. The van der Waals surface area contributed by atoms with Crippen LogP contribution >= 0.6 is 0 Å². The Bertz CT molecular complexity index is 347. The number of carbonyl (C=O) groups is 3. The second-order valence-electron chi connectivity index (χ2n) is 6.92. The van der Waals surface area contributed by atoms with Gasteiger partial charge in [0, 0.05) is 12.8 Å². The number of rotatable bonds is 18. The van der Waals surface area contributed by atoms with Gasteiger partial charge in [0.1, 0.15) is 0 Å². The largest absolute Gasteiger partial charge is 0.290 e. The van der Waals surface area contributed by atoms with E-state index in [0.29, 0.717) is 6.42 Å². The quantitative estimate of drug-likeness (QED) is 0.176. The topological polar surface area (TPSA) is 51.2 Å². The number of hydrogen-bond donors (Lipinski definition) is 0. The van der Waals surface area contributed by atoms with Gasteiger partial charge >= 0.3 is 0 Å². The average Bonchev–Trinajstić information content (AvgIpc) is 2.58. The van der Waals surface area contributed by atoms with Crippen molar-refractivity contribution in [2.24, 2.45) is 0 Å². The third-order valence-corrected chi connectivity index (χ3v) is 4.49. The lowest BCUT2D eigenvalue weighted by molar-refractivity contribution is -0.144. The van der Waals surface area contributed by atoms with Gasteiger partial charge in [0.25, 0.3) is 5.78 Å². The van der Waals surface area contributed by atoms with Crippen LogP contribution in [0.2, 0.25) is 0 Å². The summed E-state index contributed by atoms with van der Waals surface area (Å²) in [4.78, 5) is 34.4. The third-order valence-electron chi connectivity index (χ3n) is 4.49. The van der Waals surface area contributed by atoms with Crippen LogP contribution in [0.4, 0.5) is 0 Å². The van der Waals surface area contributed by atoms with Crippen molar-refractivity contribution in [3.05, 3.63) is 0 Å². The molecule has 0 N–H and O–H groups in total. The molecule has 0 bridgehead atoms. The highest BCUT2D eigenvalue weighted by molar-refractivity contribution is 6.63. The minimum absolute atomic E-state index is 0.198. The molecule has 0 heterocycles. The van der Waals surface area contributed by atoms with E-state index in [2.05, 4.69) is 6.92 Å². The van der Waals surface area contributed by atoms with Crippen LogP contribution in [0.5, 0.6) is 0 Å². The molecule has 0 aromatic rings. The molecule has 0 aromatic heterocycles. The van der Waals surface area contributed by atoms with Crippen LogP contribution < -0.4 is 0 Å². The maximum atomic E-state index is 11.6. The highest BCUT2D eigenvalue weighted by Gasteiger charge is 2.20. The summed E-state index contributed by atoms with van der Waals surface area (Å²) in [6, 6.07) is 0. The molecule has 140 valence electrons. The first kappa shape index (κ1) is 23.0. The van der Waals surface area contributed by atoms with E-state index in [-0.39, 0.29) is 12.8 Å². The summed E-state index contributed by atoms with van der Waals surface area (Å²) >= 11 is 0. The first-order chi connectivity index (χ1) is 11.6. The molecule has 3 heteroatoms. The lowest BCUT2D eigenvalue weighted by atomic mass is 10.0. The van der Waals surface area contributed by atoms with Crippen molar-refractivity contribution in [3.8, 4) is 0 Å². The summed E-state index contributed by atoms with van der Waals surface area (Å²) in [5, 5.41) is 0. The van der Waals surface area contributed by atoms with E-state index in [4.69, 9.17) is 0 Å². The Kier molecular flexibility index (Phi) is 16.2. The number of unbranched alkanes of at least 4 members (excludes halogenated alkanes) is 12. The molecule has 0 fully saturated rings. The Morgan fingerprint density at radius 3 is 1.25 bits per heavy atom. The summed E-state index contributed by atoms with van der Waals surface area (Å²) in [5.74, 6) is -1.79. The molecule has 0 saturated heterocycles. The lowest BCUT2D eigenvalue weighted by Gasteiger charge is -2.03. The van der Waals surface area contributed by atoms with Crippen molar-refractivity contribution in [2.75, 3.05) is 0 Å². The summed E-state index contributed by atoms with van der Waals surface area (Å²) in [5.41, 5.74) is 0. The minimum atomic E-state index is -0.782. The highest BCUT2D eigenvalue weighted by atomic mass is 16.2. The molecule has 0 saturated carbocycles. The first-order valence-electron chi connectivity index (χ1n) is 10.2. The number of hydrogen-bond acceptors (Lipinski definition) is 3. The SMILES string of the molecule is CCCCCCCCCCCCCCCC(=O)C(=O)C(=O)CCC. The maximum Gasteiger partial charge on any atom is 0.264 e. The molecule has 24 heavy (non-hydrogen) atoms. The summed E-state index contributed by atoms with van der Waals surface area (Å²) in [7, 11) is 0. The minimum Gasteiger partial charge on any atom is -0.290 e. The smallest absolute Gasteiger partial charge is 0.264 e. The molecule has 0 radical (unpaired) electrons. The van der Waals surface area contributed by atoms with Crippen LogP contribution in [0.25, 0.3) is 0 Å². The van der Waals surface area contributed by atoms with Crippen molar-refractivity contribution in [3.63, 3.8) is 0 Å². The Morgan fingerprint density at radius 2 is 0.833 bits per heavy atom. The van der Waals surface area contributed by atoms with Crippen molar-refractivity contribution in [1.82, 2.24) is 0 Å². The van der Waals surface area contributed by atoms with Crippen LogP contribution in [-0.2, 0) is 14.4 Å². The molecule has 0 unspecified atom stereocenters. The van der Waals surface area contributed by atoms with E-state index in [1.54, 1.807) is 0 Å². The van der Waals surface area contributed by atoms with Gasteiger partial charge in [0.15, 0.2) is 0 Å². The summed E-state index contributed by atoms with van der Waals surface area (Å²) < 4.78 is 0. The van der Waals surface area contributed by atoms with Gasteiger partial charge in [-0.1, -0.05) is 90.9 Å². The third kappa shape index (κ3) is 13.4. The van der Waals surface area contributed by atoms with Crippen LogP contribution in [0, 0.1) is 0 Å². The molecule has 0 aromatic carbocycles. The molecule has 0 aliphatic heterocycles. The van der Waals surface area contributed by atoms with Gasteiger partial charge in [-0.3, -0.25) is 14.4 Å². The monoisotopic (exact) mass is 338 g/mol. The van der Waals surface area contributed by atoms with Crippen molar-refractivity contribution >= 4 is 17.3 Å². The van der Waals surface area contributed by atoms with Gasteiger partial charge in [0.05, 0.1) is 0 Å². The fourth-order valence-corrected chi connectivity index (χ4v) is 2.91. The highest BCUT2D eigenvalue weighted by Crippen LogP contribution is 2.13. The van der Waals surface area contributed by atoms with Gasteiger partial charge in [-0.25, -0.2) is 0 Å². The Labute approximate surface area is 149 Å². The summed E-state index contributed by atoms with van der Waals surface area (Å²) in [6.07, 6.45) is 17.3. The predicted molar refractivity (Wildman–Crippen MR) is 100 cm³/mol. The average molecular weight is 339 g/mol. The fourth-order valence-electron chi connectivity index (χ4n) is 2.91. The van der Waals surface area contributed by atoms with Gasteiger partial charge in [-0.2, -0.15) is 0 Å². The van der Waals surface area contributed by atoms with E-state index in [1.165, 1.54) is 64.2 Å². The second kappa shape index (κ2) is 16.9. The van der Waals surface area contributed by atoms with Crippen LogP contribution in [0.3, 0.4) is 0 Å². The summed E-state index contributed by atoms with van der Waals surface area (Å²) in [6.45, 7) is 4.09. The number of Topliss-reactive ketones (excluding diaryl/α,β-unsaturated/α-hetero) is 3. The van der Waals surface area contributed by atoms with Gasteiger partial charge < -0.3 is 0 Å². The Hall–Kier alpha value is -0.990. The van der Waals surface area contributed by atoms with Gasteiger partial charge in [-0.15, -0.1) is 0 Å². The lowest BCUT2D eigenvalue weighted by Crippen LogP contribution is -2.23. The molecule has 0 aliphatic carbocycles. The van der Waals surface area contributed by atoms with Gasteiger partial charge in [0.2, 0.25) is 11.6 Å². The molecule has 0 aliphatic rings. The van der Waals surface area contributed by atoms with Crippen LogP contribution in [0.15, 0.2) is 0 Å². The molecule has 0 spiro atoms. The zero-order valence-electron chi connectivity index (χ0n) is 16.0. The van der Waals surface area contributed by atoms with E-state index < -0.39 is 17.3 Å². The van der Waals surface area contributed by atoms with Crippen LogP contribution in [-0.4, -0.2) is 17.3 Å². The van der Waals surface area contributed by atoms with Gasteiger partial charge in [-0.05, 0) is 12.8 Å². The predicted octanol–water partition coefficient (Wildman–Crippen LogP) is 5.98. The second-order valence-corrected chi connectivity index (χ2v) is 6.92. The van der Waals surface area contributed by atoms with Crippen molar-refractivity contribution in [2.45, 2.75) is 117 Å².